The topological polar surface area (TPSA) is 75.3 Å². The predicted molar refractivity (Wildman–Crippen MR) is 58.4 cm³/mol. The highest BCUT2D eigenvalue weighted by molar-refractivity contribution is 7.91. The summed E-state index contributed by atoms with van der Waals surface area (Å²) in [4.78, 5) is 11.5. The second-order valence-electron chi connectivity index (χ2n) is 3.68. The van der Waals surface area contributed by atoms with E-state index in [0.29, 0.717) is 0 Å². The zero-order valence-electron chi connectivity index (χ0n) is 8.95. The van der Waals surface area contributed by atoms with Crippen LogP contribution < -0.4 is 10.6 Å². The molecule has 0 bridgehead atoms. The maximum Gasteiger partial charge on any atom is 0.237 e. The van der Waals surface area contributed by atoms with Gasteiger partial charge < -0.3 is 10.6 Å². The Balaban J connectivity index is 2.22. The molecule has 1 aliphatic rings. The molecule has 1 rings (SSSR count). The van der Waals surface area contributed by atoms with Crippen LogP contribution in [0.3, 0.4) is 0 Å². The second kappa shape index (κ2) is 5.46. The van der Waals surface area contributed by atoms with Crippen LogP contribution in [-0.4, -0.2) is 45.0 Å². The number of carbonyl (C=O) groups is 1. The van der Waals surface area contributed by atoms with Crippen molar-refractivity contribution in [3.05, 3.63) is 0 Å². The van der Waals surface area contributed by atoms with E-state index < -0.39 is 9.84 Å². The molecule has 1 unspecified atom stereocenters. The lowest BCUT2D eigenvalue weighted by atomic mass is 10.2. The first-order valence-corrected chi connectivity index (χ1v) is 7.09. The van der Waals surface area contributed by atoms with Crippen LogP contribution >= 0.6 is 0 Å². The Morgan fingerprint density at radius 2 is 2.27 bits per heavy atom. The summed E-state index contributed by atoms with van der Waals surface area (Å²) in [5.41, 5.74) is 0. The Hall–Kier alpha value is -0.620. The predicted octanol–water partition coefficient (Wildman–Crippen LogP) is -0.711. The molecule has 0 aromatic rings. The molecular weight excluding hydrogens is 216 g/mol. The lowest BCUT2D eigenvalue weighted by molar-refractivity contribution is -0.122. The molecule has 0 spiro atoms. The van der Waals surface area contributed by atoms with E-state index in [9.17, 15) is 13.2 Å². The highest BCUT2D eigenvalue weighted by atomic mass is 32.2. The fraction of sp³-hybridized carbons (Fsp3) is 0.889. The van der Waals surface area contributed by atoms with E-state index in [-0.39, 0.29) is 30.0 Å². The number of carbonyl (C=O) groups excluding carboxylic acids is 1. The number of hydrogen-bond acceptors (Lipinski definition) is 4. The van der Waals surface area contributed by atoms with Crippen molar-refractivity contribution in [3.63, 3.8) is 0 Å². The average molecular weight is 234 g/mol. The molecule has 0 aromatic heterocycles. The third-order valence-corrected chi connectivity index (χ3v) is 4.23. The van der Waals surface area contributed by atoms with Gasteiger partial charge in [-0.3, -0.25) is 4.79 Å². The zero-order chi connectivity index (χ0) is 11.3. The molecule has 1 saturated heterocycles. The van der Waals surface area contributed by atoms with E-state index in [4.69, 9.17) is 0 Å². The van der Waals surface area contributed by atoms with E-state index in [1.165, 1.54) is 0 Å². The van der Waals surface area contributed by atoms with E-state index in [1.807, 2.05) is 0 Å². The molecule has 0 aliphatic carbocycles. The lowest BCUT2D eigenvalue weighted by Gasteiger charge is -2.10. The van der Waals surface area contributed by atoms with Gasteiger partial charge in [-0.1, -0.05) is 6.92 Å². The summed E-state index contributed by atoms with van der Waals surface area (Å²) in [5, 5.41) is 5.69. The first-order valence-electron chi connectivity index (χ1n) is 5.26. The van der Waals surface area contributed by atoms with Gasteiger partial charge in [-0.15, -0.1) is 0 Å². The summed E-state index contributed by atoms with van der Waals surface area (Å²) < 4.78 is 22.3. The lowest BCUT2D eigenvalue weighted by Crippen LogP contribution is -2.42. The highest BCUT2D eigenvalue weighted by Crippen LogP contribution is 2.04. The van der Waals surface area contributed by atoms with Crippen LogP contribution in [0.2, 0.25) is 0 Å². The summed E-state index contributed by atoms with van der Waals surface area (Å²) >= 11 is 0. The van der Waals surface area contributed by atoms with Crippen molar-refractivity contribution in [1.29, 1.82) is 0 Å². The van der Waals surface area contributed by atoms with Crippen molar-refractivity contribution >= 4 is 15.7 Å². The van der Waals surface area contributed by atoms with Gasteiger partial charge in [0.25, 0.3) is 0 Å². The van der Waals surface area contributed by atoms with Crippen LogP contribution in [-0.2, 0) is 14.6 Å². The van der Waals surface area contributed by atoms with Gasteiger partial charge in [0.2, 0.25) is 5.91 Å². The molecule has 88 valence electrons. The van der Waals surface area contributed by atoms with Crippen molar-refractivity contribution in [3.8, 4) is 0 Å². The Morgan fingerprint density at radius 3 is 2.80 bits per heavy atom. The first-order chi connectivity index (χ1) is 7.05. The Bertz CT molecular complexity index is 307. The Morgan fingerprint density at radius 1 is 1.53 bits per heavy atom. The molecule has 0 saturated carbocycles. The molecule has 1 fully saturated rings. The van der Waals surface area contributed by atoms with Gasteiger partial charge in [-0.2, -0.15) is 0 Å². The summed E-state index contributed by atoms with van der Waals surface area (Å²) in [7, 11) is -2.97. The number of rotatable bonds is 5. The molecule has 0 radical (unpaired) electrons. The van der Waals surface area contributed by atoms with Crippen molar-refractivity contribution in [1.82, 2.24) is 10.6 Å². The van der Waals surface area contributed by atoms with E-state index >= 15 is 0 Å². The van der Waals surface area contributed by atoms with Crippen molar-refractivity contribution in [2.24, 2.45) is 0 Å². The normalized spacial score (nSPS) is 21.5. The van der Waals surface area contributed by atoms with Crippen LogP contribution in [0.15, 0.2) is 0 Å². The van der Waals surface area contributed by atoms with Crippen molar-refractivity contribution < 1.29 is 13.2 Å². The molecule has 1 amide bonds. The molecule has 0 aromatic carbocycles. The fourth-order valence-corrected chi connectivity index (χ4v) is 2.21. The molecular formula is C9H18N2O3S. The SMILES string of the molecule is CCS(=O)(=O)CCNC(=O)C1CCCN1. The smallest absolute Gasteiger partial charge is 0.237 e. The van der Waals surface area contributed by atoms with Crippen LogP contribution in [0.4, 0.5) is 0 Å². The summed E-state index contributed by atoms with van der Waals surface area (Å²) in [6.07, 6.45) is 1.84. The standard InChI is InChI=1S/C9H18N2O3S/c1-2-15(13,14)7-6-11-9(12)8-4-3-5-10-8/h8,10H,2-7H2,1H3,(H,11,12). The van der Waals surface area contributed by atoms with Gasteiger partial charge in [0.1, 0.15) is 0 Å². The number of nitrogens with one attached hydrogen (secondary N) is 2. The van der Waals surface area contributed by atoms with Crippen LogP contribution in [0.5, 0.6) is 0 Å². The molecule has 1 aliphatic heterocycles. The number of amides is 1. The maximum atomic E-state index is 11.5. The van der Waals surface area contributed by atoms with Crippen molar-refractivity contribution in [2.45, 2.75) is 25.8 Å². The van der Waals surface area contributed by atoms with Crippen LogP contribution in [0.1, 0.15) is 19.8 Å². The van der Waals surface area contributed by atoms with Crippen LogP contribution in [0.25, 0.3) is 0 Å². The minimum Gasteiger partial charge on any atom is -0.354 e. The monoisotopic (exact) mass is 234 g/mol. The summed E-state index contributed by atoms with van der Waals surface area (Å²) in [5.74, 6) is 0.0748. The quantitative estimate of drug-likeness (QED) is 0.659. The largest absolute Gasteiger partial charge is 0.354 e. The second-order valence-corrected chi connectivity index (χ2v) is 6.15. The average Bonchev–Trinajstić information content (AvgIpc) is 2.70. The third-order valence-electron chi connectivity index (χ3n) is 2.53. The van der Waals surface area contributed by atoms with Gasteiger partial charge in [-0.25, -0.2) is 8.42 Å². The summed E-state index contributed by atoms with van der Waals surface area (Å²) in [6.45, 7) is 2.69. The minimum atomic E-state index is -2.97. The van der Waals surface area contributed by atoms with E-state index in [2.05, 4.69) is 10.6 Å². The zero-order valence-corrected chi connectivity index (χ0v) is 9.77. The van der Waals surface area contributed by atoms with Gasteiger partial charge >= 0.3 is 0 Å². The molecule has 2 N–H and O–H groups in total. The van der Waals surface area contributed by atoms with Gasteiger partial charge in [0.05, 0.1) is 11.8 Å². The Labute approximate surface area is 90.5 Å². The Kier molecular flexibility index (Phi) is 4.53. The van der Waals surface area contributed by atoms with Crippen molar-refractivity contribution in [2.75, 3.05) is 24.6 Å². The third kappa shape index (κ3) is 4.17. The minimum absolute atomic E-state index is 0.0297. The van der Waals surface area contributed by atoms with Gasteiger partial charge in [-0.05, 0) is 19.4 Å². The highest BCUT2D eigenvalue weighted by Gasteiger charge is 2.21. The van der Waals surface area contributed by atoms with Gasteiger partial charge in [0, 0.05) is 12.3 Å². The summed E-state index contributed by atoms with van der Waals surface area (Å²) in [6, 6.07) is -0.130. The van der Waals surface area contributed by atoms with E-state index in [1.54, 1.807) is 6.92 Å². The van der Waals surface area contributed by atoms with E-state index in [0.717, 1.165) is 19.4 Å². The molecule has 5 nitrogen and oxygen atoms in total. The molecule has 15 heavy (non-hydrogen) atoms. The van der Waals surface area contributed by atoms with Gasteiger partial charge in [0.15, 0.2) is 9.84 Å². The van der Waals surface area contributed by atoms with Crippen LogP contribution in [0, 0.1) is 0 Å². The molecule has 1 atom stereocenters. The maximum absolute atomic E-state index is 11.5. The number of hydrogen-bond donors (Lipinski definition) is 2. The number of sulfone groups is 1. The first kappa shape index (κ1) is 12.4. The molecule has 6 heteroatoms. The fourth-order valence-electron chi connectivity index (χ4n) is 1.51. The molecule has 1 heterocycles.